The van der Waals surface area contributed by atoms with Gasteiger partial charge in [-0.3, -0.25) is 0 Å². The van der Waals surface area contributed by atoms with Crippen LogP contribution >= 0.6 is 0 Å². The number of anilines is 1. The smallest absolute Gasteiger partial charge is 0.0991 e. The highest BCUT2D eigenvalue weighted by Gasteiger charge is 2.09. The second-order valence-corrected chi connectivity index (χ2v) is 3.71. The van der Waals surface area contributed by atoms with Gasteiger partial charge in [0.1, 0.15) is 0 Å². The van der Waals surface area contributed by atoms with Crippen LogP contribution in [0.5, 0.6) is 0 Å². The summed E-state index contributed by atoms with van der Waals surface area (Å²) < 4.78 is 0. The zero-order valence-corrected chi connectivity index (χ0v) is 8.24. The third-order valence-electron chi connectivity index (χ3n) is 2.72. The summed E-state index contributed by atoms with van der Waals surface area (Å²) in [6.07, 6.45) is 3.94. The standard InChI is InChI=1S/C12H14N2/c13-10-11-4-6-12(7-5-11)14-8-2-1-3-9-14/h4-7H,1-3,8-9H2. The Kier molecular flexibility index (Phi) is 2.69. The Morgan fingerprint density at radius 2 is 1.64 bits per heavy atom. The lowest BCUT2D eigenvalue weighted by atomic mass is 10.1. The summed E-state index contributed by atoms with van der Waals surface area (Å²) in [5.41, 5.74) is 1.99. The van der Waals surface area contributed by atoms with Gasteiger partial charge in [-0.25, -0.2) is 0 Å². The maximum absolute atomic E-state index is 8.68. The van der Waals surface area contributed by atoms with E-state index in [1.165, 1.54) is 24.9 Å². The lowest BCUT2D eigenvalue weighted by Crippen LogP contribution is -2.29. The average Bonchev–Trinajstić information content (AvgIpc) is 2.30. The molecule has 2 rings (SSSR count). The van der Waals surface area contributed by atoms with Crippen molar-refractivity contribution >= 4 is 5.69 Å². The van der Waals surface area contributed by atoms with Gasteiger partial charge in [0.25, 0.3) is 0 Å². The third-order valence-corrected chi connectivity index (χ3v) is 2.72. The number of piperidine rings is 1. The molecular weight excluding hydrogens is 172 g/mol. The zero-order chi connectivity index (χ0) is 9.80. The van der Waals surface area contributed by atoms with Crippen molar-refractivity contribution in [1.29, 1.82) is 5.26 Å². The van der Waals surface area contributed by atoms with Gasteiger partial charge in [-0.05, 0) is 43.5 Å². The molecule has 0 saturated carbocycles. The van der Waals surface area contributed by atoms with Gasteiger partial charge < -0.3 is 4.90 Å². The van der Waals surface area contributed by atoms with E-state index in [2.05, 4.69) is 11.0 Å². The van der Waals surface area contributed by atoms with Gasteiger partial charge in [-0.2, -0.15) is 5.26 Å². The Morgan fingerprint density at radius 3 is 2.21 bits per heavy atom. The molecule has 1 aromatic rings. The first kappa shape index (κ1) is 9.08. The van der Waals surface area contributed by atoms with Gasteiger partial charge in [0.2, 0.25) is 0 Å². The number of nitriles is 1. The molecule has 0 atom stereocenters. The number of hydrogen-bond acceptors (Lipinski definition) is 2. The van der Waals surface area contributed by atoms with Crippen molar-refractivity contribution in [3.05, 3.63) is 29.8 Å². The topological polar surface area (TPSA) is 27.0 Å². The largest absolute Gasteiger partial charge is 0.372 e. The minimum absolute atomic E-state index is 0.741. The molecule has 1 heterocycles. The number of benzene rings is 1. The molecule has 72 valence electrons. The fraction of sp³-hybridized carbons (Fsp3) is 0.417. The van der Waals surface area contributed by atoms with Crippen LogP contribution in [0.2, 0.25) is 0 Å². The fourth-order valence-corrected chi connectivity index (χ4v) is 1.90. The van der Waals surface area contributed by atoms with E-state index in [1.54, 1.807) is 0 Å². The van der Waals surface area contributed by atoms with Gasteiger partial charge >= 0.3 is 0 Å². The van der Waals surface area contributed by atoms with Crippen molar-refractivity contribution < 1.29 is 0 Å². The predicted molar refractivity (Wildman–Crippen MR) is 57.2 cm³/mol. The molecule has 1 aliphatic heterocycles. The Morgan fingerprint density at radius 1 is 1.00 bits per heavy atom. The fourth-order valence-electron chi connectivity index (χ4n) is 1.90. The monoisotopic (exact) mass is 186 g/mol. The maximum Gasteiger partial charge on any atom is 0.0991 e. The van der Waals surface area contributed by atoms with Crippen molar-refractivity contribution in [3.8, 4) is 6.07 Å². The molecule has 1 aliphatic rings. The molecule has 0 aliphatic carbocycles. The number of rotatable bonds is 1. The van der Waals surface area contributed by atoms with E-state index in [9.17, 15) is 0 Å². The molecule has 1 fully saturated rings. The van der Waals surface area contributed by atoms with Gasteiger partial charge in [-0.1, -0.05) is 0 Å². The van der Waals surface area contributed by atoms with Crippen molar-refractivity contribution in [2.45, 2.75) is 19.3 Å². The van der Waals surface area contributed by atoms with E-state index >= 15 is 0 Å². The van der Waals surface area contributed by atoms with Crippen LogP contribution in [0.3, 0.4) is 0 Å². The van der Waals surface area contributed by atoms with Crippen LogP contribution in [0.15, 0.2) is 24.3 Å². The Labute approximate surface area is 84.8 Å². The van der Waals surface area contributed by atoms with Crippen molar-refractivity contribution in [2.75, 3.05) is 18.0 Å². The van der Waals surface area contributed by atoms with Crippen molar-refractivity contribution in [3.63, 3.8) is 0 Å². The van der Waals surface area contributed by atoms with E-state index in [0.29, 0.717) is 0 Å². The highest BCUT2D eigenvalue weighted by Crippen LogP contribution is 2.19. The molecular formula is C12H14N2. The summed E-state index contributed by atoms with van der Waals surface area (Å²) in [6.45, 7) is 2.32. The molecule has 0 bridgehead atoms. The molecule has 1 saturated heterocycles. The van der Waals surface area contributed by atoms with Crippen LogP contribution in [0.25, 0.3) is 0 Å². The van der Waals surface area contributed by atoms with Gasteiger partial charge in [0.15, 0.2) is 0 Å². The van der Waals surface area contributed by atoms with E-state index in [0.717, 1.165) is 18.7 Å². The van der Waals surface area contributed by atoms with Gasteiger partial charge in [0, 0.05) is 18.8 Å². The molecule has 0 spiro atoms. The molecule has 1 aromatic carbocycles. The van der Waals surface area contributed by atoms with Gasteiger partial charge in [-0.15, -0.1) is 0 Å². The highest BCUT2D eigenvalue weighted by molar-refractivity contribution is 5.49. The molecule has 2 nitrogen and oxygen atoms in total. The second kappa shape index (κ2) is 4.15. The number of nitrogens with zero attached hydrogens (tertiary/aromatic N) is 2. The predicted octanol–water partition coefficient (Wildman–Crippen LogP) is 2.55. The van der Waals surface area contributed by atoms with E-state index in [-0.39, 0.29) is 0 Å². The second-order valence-electron chi connectivity index (χ2n) is 3.71. The normalized spacial score (nSPS) is 16.4. The zero-order valence-electron chi connectivity index (χ0n) is 8.24. The van der Waals surface area contributed by atoms with Crippen LogP contribution in [-0.4, -0.2) is 13.1 Å². The SMILES string of the molecule is N#Cc1ccc(N2CCCCC2)cc1. The van der Waals surface area contributed by atoms with Crippen LogP contribution in [0, 0.1) is 11.3 Å². The highest BCUT2D eigenvalue weighted by atomic mass is 15.1. The van der Waals surface area contributed by atoms with Crippen molar-refractivity contribution in [2.24, 2.45) is 0 Å². The summed E-state index contributed by atoms with van der Waals surface area (Å²) in [7, 11) is 0. The summed E-state index contributed by atoms with van der Waals surface area (Å²) in [4.78, 5) is 2.39. The first-order valence-corrected chi connectivity index (χ1v) is 5.15. The minimum Gasteiger partial charge on any atom is -0.372 e. The molecule has 0 radical (unpaired) electrons. The first-order chi connectivity index (χ1) is 6.90. The average molecular weight is 186 g/mol. The summed E-state index contributed by atoms with van der Waals surface area (Å²) in [5, 5.41) is 8.68. The lowest BCUT2D eigenvalue weighted by Gasteiger charge is -2.28. The van der Waals surface area contributed by atoms with Crippen molar-refractivity contribution in [1.82, 2.24) is 0 Å². The summed E-state index contributed by atoms with van der Waals surface area (Å²) >= 11 is 0. The molecule has 2 heteroatoms. The van der Waals surface area contributed by atoms with Crippen LogP contribution in [0.4, 0.5) is 5.69 Å². The van der Waals surface area contributed by atoms with Crippen LogP contribution in [0.1, 0.15) is 24.8 Å². The Balaban J connectivity index is 2.12. The third kappa shape index (κ3) is 1.88. The maximum atomic E-state index is 8.68. The molecule has 14 heavy (non-hydrogen) atoms. The molecule has 0 amide bonds. The van der Waals surface area contributed by atoms with E-state index in [1.807, 2.05) is 24.3 Å². The molecule has 0 N–H and O–H groups in total. The quantitative estimate of drug-likeness (QED) is 0.674. The lowest BCUT2D eigenvalue weighted by molar-refractivity contribution is 0.578. The Hall–Kier alpha value is -1.49. The van der Waals surface area contributed by atoms with E-state index in [4.69, 9.17) is 5.26 Å². The summed E-state index contributed by atoms with van der Waals surface area (Å²) in [6, 6.07) is 10.0. The molecule has 0 aromatic heterocycles. The summed E-state index contributed by atoms with van der Waals surface area (Å²) in [5.74, 6) is 0. The minimum atomic E-state index is 0.741. The van der Waals surface area contributed by atoms with Crippen LogP contribution < -0.4 is 4.90 Å². The van der Waals surface area contributed by atoms with E-state index < -0.39 is 0 Å². The van der Waals surface area contributed by atoms with Crippen LogP contribution in [-0.2, 0) is 0 Å². The first-order valence-electron chi connectivity index (χ1n) is 5.15. The molecule has 0 unspecified atom stereocenters. The Bertz CT molecular complexity index is 328. The number of hydrogen-bond donors (Lipinski definition) is 0. The van der Waals surface area contributed by atoms with Gasteiger partial charge in [0.05, 0.1) is 11.6 Å².